The Bertz CT molecular complexity index is 1100. The number of benzene rings is 2. The maximum absolute atomic E-state index is 12.6. The Morgan fingerprint density at radius 3 is 2.07 bits per heavy atom. The fourth-order valence-corrected chi connectivity index (χ4v) is 3.76. The summed E-state index contributed by atoms with van der Waals surface area (Å²) in [6, 6.07) is 7.85. The van der Waals surface area contributed by atoms with Crippen LogP contribution in [0.3, 0.4) is 0 Å². The smallest absolute Gasteiger partial charge is 0.475 e. The molecule has 0 atom stereocenters. The summed E-state index contributed by atoms with van der Waals surface area (Å²) in [5.74, 6) is -2.87. The van der Waals surface area contributed by atoms with Gasteiger partial charge in [-0.1, -0.05) is 29.0 Å². The molecule has 10 heteroatoms. The molecule has 1 aromatic heterocycles. The van der Waals surface area contributed by atoms with Crippen molar-refractivity contribution in [3.8, 4) is 0 Å². The van der Waals surface area contributed by atoms with Crippen LogP contribution < -0.4 is 11.1 Å². The lowest BCUT2D eigenvalue weighted by Gasteiger charge is -2.13. The normalized spacial score (nSPS) is 11.0. The zero-order chi connectivity index (χ0) is 22.8. The number of halogens is 3. The van der Waals surface area contributed by atoms with Crippen LogP contribution in [0.2, 0.25) is 0 Å². The highest BCUT2D eigenvalue weighted by molar-refractivity contribution is 7.22. The van der Waals surface area contributed by atoms with E-state index < -0.39 is 12.1 Å². The number of hydrogen-bond donors (Lipinski definition) is 3. The Morgan fingerprint density at radius 2 is 1.57 bits per heavy atom. The number of rotatable bonds is 2. The monoisotopic (exact) mass is 439 g/mol. The predicted molar refractivity (Wildman–Crippen MR) is 111 cm³/mol. The molecular weight excluding hydrogens is 419 g/mol. The van der Waals surface area contributed by atoms with E-state index in [0.717, 1.165) is 32.6 Å². The van der Waals surface area contributed by atoms with Gasteiger partial charge in [-0.2, -0.15) is 13.2 Å². The molecule has 160 valence electrons. The van der Waals surface area contributed by atoms with Crippen molar-refractivity contribution in [1.82, 2.24) is 4.98 Å². The van der Waals surface area contributed by atoms with Gasteiger partial charge in [-0.05, 0) is 56.5 Å². The molecule has 0 radical (unpaired) electrons. The van der Waals surface area contributed by atoms with Crippen molar-refractivity contribution in [2.75, 3.05) is 11.1 Å². The van der Waals surface area contributed by atoms with E-state index in [2.05, 4.69) is 29.4 Å². The van der Waals surface area contributed by atoms with E-state index in [1.54, 1.807) is 0 Å². The van der Waals surface area contributed by atoms with E-state index in [0.29, 0.717) is 10.7 Å². The van der Waals surface area contributed by atoms with Crippen LogP contribution in [0.25, 0.3) is 10.2 Å². The number of carboxylic acid groups (broad SMARTS) is 1. The van der Waals surface area contributed by atoms with Crippen LogP contribution in [0.4, 0.5) is 24.0 Å². The van der Waals surface area contributed by atoms with Crippen LogP contribution in [-0.2, 0) is 4.79 Å². The number of thiazole rings is 1. The molecule has 1 heterocycles. The molecule has 0 aliphatic heterocycles. The molecule has 0 unspecified atom stereocenters. The number of carbonyl (C=O) groups excluding carboxylic acids is 1. The quantitative estimate of drug-likeness (QED) is 0.521. The average Bonchev–Trinajstić information content (AvgIpc) is 2.98. The predicted octanol–water partition coefficient (Wildman–Crippen LogP) is 5.00. The second-order valence-corrected chi connectivity index (χ2v) is 7.78. The first-order valence-corrected chi connectivity index (χ1v) is 9.47. The van der Waals surface area contributed by atoms with Crippen molar-refractivity contribution in [3.05, 3.63) is 52.1 Å². The topological polar surface area (TPSA) is 105 Å². The van der Waals surface area contributed by atoms with Gasteiger partial charge in [0.1, 0.15) is 0 Å². The molecule has 6 nitrogen and oxygen atoms in total. The van der Waals surface area contributed by atoms with Gasteiger partial charge >= 0.3 is 12.1 Å². The Kier molecular flexibility index (Phi) is 6.71. The highest BCUT2D eigenvalue weighted by Gasteiger charge is 2.38. The maximum Gasteiger partial charge on any atom is 0.490 e. The van der Waals surface area contributed by atoms with Crippen molar-refractivity contribution in [3.63, 3.8) is 0 Å². The molecule has 3 aromatic rings. The van der Waals surface area contributed by atoms with Gasteiger partial charge in [0.25, 0.3) is 5.91 Å². The molecule has 1 amide bonds. The van der Waals surface area contributed by atoms with Crippen molar-refractivity contribution in [2.24, 2.45) is 0 Å². The van der Waals surface area contributed by atoms with E-state index >= 15 is 0 Å². The van der Waals surface area contributed by atoms with Crippen LogP contribution in [0.15, 0.2) is 24.3 Å². The number of aliphatic carboxylic acids is 1. The summed E-state index contributed by atoms with van der Waals surface area (Å²) in [6.07, 6.45) is -5.08. The first kappa shape index (κ1) is 23.1. The molecule has 4 N–H and O–H groups in total. The zero-order valence-electron chi connectivity index (χ0n) is 16.6. The summed E-state index contributed by atoms with van der Waals surface area (Å²) in [5.41, 5.74) is 12.4. The number of aryl methyl sites for hydroxylation is 4. The lowest BCUT2D eigenvalue weighted by Crippen LogP contribution is -2.21. The molecule has 0 aliphatic rings. The lowest BCUT2D eigenvalue weighted by molar-refractivity contribution is -0.192. The summed E-state index contributed by atoms with van der Waals surface area (Å²) in [7, 11) is 0. The number of fused-ring (bicyclic) bond motifs is 1. The van der Waals surface area contributed by atoms with Gasteiger partial charge in [0.05, 0.1) is 10.2 Å². The molecule has 2 aromatic carbocycles. The van der Waals surface area contributed by atoms with Crippen molar-refractivity contribution in [1.29, 1.82) is 0 Å². The molecule has 0 fully saturated rings. The van der Waals surface area contributed by atoms with Crippen molar-refractivity contribution < 1.29 is 27.9 Å². The highest BCUT2D eigenvalue weighted by atomic mass is 32.1. The lowest BCUT2D eigenvalue weighted by atomic mass is 10.0. The molecule has 3 rings (SSSR count). The fraction of sp³-hybridized carbons (Fsp3) is 0.250. The Labute approximate surface area is 174 Å². The van der Waals surface area contributed by atoms with Crippen LogP contribution in [-0.4, -0.2) is 28.1 Å². The number of carboxylic acids is 1. The maximum atomic E-state index is 12.6. The number of carbonyl (C=O) groups is 2. The number of amides is 1. The SMILES string of the molecule is Cc1cc(C)c(NC(=O)c2cc(C)c3nc(N)sc3c2)c(C)c1.O=C(O)C(F)(F)F. The largest absolute Gasteiger partial charge is 0.490 e. The summed E-state index contributed by atoms with van der Waals surface area (Å²) >= 11 is 1.40. The molecule has 0 bridgehead atoms. The first-order chi connectivity index (χ1) is 13.8. The molecule has 0 spiro atoms. The second kappa shape index (κ2) is 8.70. The van der Waals surface area contributed by atoms with Crippen LogP contribution in [0.5, 0.6) is 0 Å². The van der Waals surface area contributed by atoms with E-state index in [9.17, 15) is 18.0 Å². The van der Waals surface area contributed by atoms with Gasteiger partial charge < -0.3 is 16.2 Å². The number of hydrogen-bond acceptors (Lipinski definition) is 5. The van der Waals surface area contributed by atoms with Gasteiger partial charge in [0.15, 0.2) is 5.13 Å². The number of nitrogens with zero attached hydrogens (tertiary/aromatic N) is 1. The molecule has 30 heavy (non-hydrogen) atoms. The van der Waals surface area contributed by atoms with E-state index in [1.165, 1.54) is 16.9 Å². The minimum absolute atomic E-state index is 0.114. The highest BCUT2D eigenvalue weighted by Crippen LogP contribution is 2.29. The van der Waals surface area contributed by atoms with E-state index in [-0.39, 0.29) is 5.91 Å². The van der Waals surface area contributed by atoms with E-state index in [4.69, 9.17) is 15.6 Å². The fourth-order valence-electron chi connectivity index (χ4n) is 2.91. The molecule has 0 aliphatic carbocycles. The minimum Gasteiger partial charge on any atom is -0.475 e. The summed E-state index contributed by atoms with van der Waals surface area (Å²) in [6.45, 7) is 8.01. The van der Waals surface area contributed by atoms with Gasteiger partial charge in [0.2, 0.25) is 0 Å². The number of nitrogen functional groups attached to an aromatic ring is 1. The molecular formula is C20H20F3N3O3S. The van der Waals surface area contributed by atoms with Crippen LogP contribution >= 0.6 is 11.3 Å². The van der Waals surface area contributed by atoms with Gasteiger partial charge in [-0.15, -0.1) is 0 Å². The summed E-state index contributed by atoms with van der Waals surface area (Å²) in [5, 5.41) is 10.7. The van der Waals surface area contributed by atoms with Gasteiger partial charge in [-0.25, -0.2) is 9.78 Å². The number of alkyl halides is 3. The Hall–Kier alpha value is -3.14. The number of nitrogens with two attached hydrogens (primary N) is 1. The standard InChI is InChI=1S/C18H19N3OS.C2HF3O2/c1-9-5-10(2)15(11(3)6-9)20-17(22)13-7-12(4)16-14(8-13)23-18(19)21-16;3-2(4,5)1(6)7/h5-8H,1-4H3,(H2,19,21)(H,20,22);(H,6,7). The van der Waals surface area contributed by atoms with Crippen molar-refractivity contribution in [2.45, 2.75) is 33.9 Å². The molecule has 0 saturated heterocycles. The summed E-state index contributed by atoms with van der Waals surface area (Å²) < 4.78 is 32.7. The number of anilines is 2. The average molecular weight is 439 g/mol. The first-order valence-electron chi connectivity index (χ1n) is 8.65. The summed E-state index contributed by atoms with van der Waals surface area (Å²) in [4.78, 5) is 25.8. The third kappa shape index (κ3) is 5.47. The van der Waals surface area contributed by atoms with Gasteiger partial charge in [-0.3, -0.25) is 4.79 Å². The van der Waals surface area contributed by atoms with Gasteiger partial charge in [0, 0.05) is 11.3 Å². The Balaban J connectivity index is 0.000000396. The van der Waals surface area contributed by atoms with Crippen LogP contribution in [0.1, 0.15) is 32.6 Å². The Morgan fingerprint density at radius 1 is 1.03 bits per heavy atom. The third-order valence-corrected chi connectivity index (χ3v) is 4.95. The zero-order valence-corrected chi connectivity index (χ0v) is 17.5. The second-order valence-electron chi connectivity index (χ2n) is 6.72. The number of nitrogens with one attached hydrogen (secondary N) is 1. The van der Waals surface area contributed by atoms with E-state index in [1.807, 2.05) is 32.9 Å². The van der Waals surface area contributed by atoms with Crippen LogP contribution in [0, 0.1) is 27.7 Å². The third-order valence-electron chi connectivity index (χ3n) is 4.12. The number of aromatic nitrogens is 1. The minimum atomic E-state index is -5.08. The molecule has 0 saturated carbocycles. The van der Waals surface area contributed by atoms with Crippen molar-refractivity contribution >= 4 is 44.2 Å².